The fourth-order valence-corrected chi connectivity index (χ4v) is 1.54. The number of primary amides is 1. The Labute approximate surface area is 97.9 Å². The number of hydrogen-bond acceptors (Lipinski definition) is 3. The number of carbonyl (C=O) groups is 1. The summed E-state index contributed by atoms with van der Waals surface area (Å²) in [6, 6.07) is 0.475. The molecule has 1 unspecified atom stereocenters. The third kappa shape index (κ3) is 4.49. The second kappa shape index (κ2) is 5.64. The van der Waals surface area contributed by atoms with E-state index < -0.39 is 5.54 Å². The summed E-state index contributed by atoms with van der Waals surface area (Å²) in [5.41, 5.74) is 4.82. The van der Waals surface area contributed by atoms with Crippen LogP contribution in [0.5, 0.6) is 0 Å². The van der Waals surface area contributed by atoms with Gasteiger partial charge in [-0.2, -0.15) is 0 Å². The Kier molecular flexibility index (Phi) is 4.74. The van der Waals surface area contributed by atoms with Gasteiger partial charge in [0.1, 0.15) is 0 Å². The molecule has 4 nitrogen and oxygen atoms in total. The van der Waals surface area contributed by atoms with Crippen LogP contribution >= 0.6 is 0 Å². The highest BCUT2D eigenvalue weighted by Crippen LogP contribution is 2.24. The number of rotatable bonds is 8. The summed E-state index contributed by atoms with van der Waals surface area (Å²) in [6.07, 6.45) is 2.94. The molecule has 94 valence electrons. The molecule has 1 amide bonds. The van der Waals surface area contributed by atoms with E-state index in [1.807, 2.05) is 6.92 Å². The zero-order valence-corrected chi connectivity index (χ0v) is 10.6. The van der Waals surface area contributed by atoms with E-state index in [9.17, 15) is 4.79 Å². The molecule has 0 aromatic heterocycles. The van der Waals surface area contributed by atoms with Gasteiger partial charge in [-0.25, -0.2) is 0 Å². The number of hydrogen-bond donors (Lipinski definition) is 2. The van der Waals surface area contributed by atoms with E-state index in [4.69, 9.17) is 10.5 Å². The Balaban J connectivity index is 2.29. The maximum atomic E-state index is 11.4. The standard InChI is InChI=1S/C12H24N2O2/c1-9(2)8-16-7-6-12(3,11(13)15)14-10-4-5-10/h9-10,14H,4-8H2,1-3H3,(H2,13,15). The summed E-state index contributed by atoms with van der Waals surface area (Å²) in [4.78, 5) is 11.4. The smallest absolute Gasteiger partial charge is 0.237 e. The summed E-state index contributed by atoms with van der Waals surface area (Å²) >= 11 is 0. The van der Waals surface area contributed by atoms with Gasteiger partial charge in [0.05, 0.1) is 5.54 Å². The maximum absolute atomic E-state index is 11.4. The highest BCUT2D eigenvalue weighted by Gasteiger charge is 2.36. The van der Waals surface area contributed by atoms with Gasteiger partial charge >= 0.3 is 0 Å². The van der Waals surface area contributed by atoms with Crippen molar-refractivity contribution in [3.63, 3.8) is 0 Å². The average Bonchev–Trinajstić information content (AvgIpc) is 2.96. The number of nitrogens with two attached hydrogens (primary N) is 1. The molecule has 0 aromatic rings. The molecule has 0 radical (unpaired) electrons. The van der Waals surface area contributed by atoms with Crippen LogP contribution in [0.2, 0.25) is 0 Å². The molecule has 1 aliphatic rings. The molecule has 16 heavy (non-hydrogen) atoms. The Morgan fingerprint density at radius 3 is 2.62 bits per heavy atom. The minimum atomic E-state index is -0.613. The molecule has 0 bridgehead atoms. The second-order valence-corrected chi connectivity index (χ2v) is 5.33. The topological polar surface area (TPSA) is 64.3 Å². The van der Waals surface area contributed by atoms with E-state index in [0.29, 0.717) is 25.0 Å². The molecule has 0 aliphatic heterocycles. The van der Waals surface area contributed by atoms with Gasteiger partial charge in [-0.15, -0.1) is 0 Å². The third-order valence-electron chi connectivity index (χ3n) is 2.84. The predicted molar refractivity (Wildman–Crippen MR) is 64.0 cm³/mol. The van der Waals surface area contributed by atoms with E-state index in [-0.39, 0.29) is 5.91 Å². The summed E-state index contributed by atoms with van der Waals surface area (Å²) in [5.74, 6) is 0.240. The number of carbonyl (C=O) groups excluding carboxylic acids is 1. The van der Waals surface area contributed by atoms with Crippen molar-refractivity contribution >= 4 is 5.91 Å². The highest BCUT2D eigenvalue weighted by atomic mass is 16.5. The molecule has 0 heterocycles. The summed E-state index contributed by atoms with van der Waals surface area (Å²) in [7, 11) is 0. The van der Waals surface area contributed by atoms with Crippen LogP contribution < -0.4 is 11.1 Å². The Morgan fingerprint density at radius 1 is 1.56 bits per heavy atom. The largest absolute Gasteiger partial charge is 0.381 e. The minimum Gasteiger partial charge on any atom is -0.381 e. The summed E-state index contributed by atoms with van der Waals surface area (Å²) < 4.78 is 5.50. The maximum Gasteiger partial charge on any atom is 0.237 e. The molecule has 0 saturated heterocycles. The first-order valence-electron chi connectivity index (χ1n) is 6.09. The highest BCUT2D eigenvalue weighted by molar-refractivity contribution is 5.84. The van der Waals surface area contributed by atoms with E-state index in [0.717, 1.165) is 19.4 Å². The molecule has 4 heteroatoms. The van der Waals surface area contributed by atoms with Crippen molar-refractivity contribution in [1.29, 1.82) is 0 Å². The van der Waals surface area contributed by atoms with Crippen LogP contribution in [-0.4, -0.2) is 30.7 Å². The molecular weight excluding hydrogens is 204 g/mol. The minimum absolute atomic E-state index is 0.285. The molecule has 1 aliphatic carbocycles. The van der Waals surface area contributed by atoms with Crippen LogP contribution in [0.25, 0.3) is 0 Å². The van der Waals surface area contributed by atoms with Gasteiger partial charge in [-0.05, 0) is 32.1 Å². The van der Waals surface area contributed by atoms with Crippen LogP contribution in [0, 0.1) is 5.92 Å². The van der Waals surface area contributed by atoms with Crippen molar-refractivity contribution in [2.75, 3.05) is 13.2 Å². The van der Waals surface area contributed by atoms with E-state index >= 15 is 0 Å². The van der Waals surface area contributed by atoms with Crippen LogP contribution in [0.15, 0.2) is 0 Å². The van der Waals surface area contributed by atoms with Crippen molar-refractivity contribution in [2.24, 2.45) is 11.7 Å². The Morgan fingerprint density at radius 2 is 2.19 bits per heavy atom. The van der Waals surface area contributed by atoms with Crippen LogP contribution in [-0.2, 0) is 9.53 Å². The number of nitrogens with one attached hydrogen (secondary N) is 1. The number of amides is 1. The average molecular weight is 228 g/mol. The van der Waals surface area contributed by atoms with Gasteiger partial charge < -0.3 is 15.8 Å². The Hall–Kier alpha value is -0.610. The first-order valence-corrected chi connectivity index (χ1v) is 6.09. The predicted octanol–water partition coefficient (Wildman–Crippen LogP) is 1.05. The van der Waals surface area contributed by atoms with Crippen molar-refractivity contribution < 1.29 is 9.53 Å². The van der Waals surface area contributed by atoms with E-state index in [1.165, 1.54) is 0 Å². The lowest BCUT2D eigenvalue weighted by Crippen LogP contribution is -2.54. The van der Waals surface area contributed by atoms with Crippen molar-refractivity contribution in [3.8, 4) is 0 Å². The van der Waals surface area contributed by atoms with Crippen molar-refractivity contribution in [3.05, 3.63) is 0 Å². The molecular formula is C12H24N2O2. The third-order valence-corrected chi connectivity index (χ3v) is 2.84. The molecule has 1 rings (SSSR count). The SMILES string of the molecule is CC(C)COCCC(C)(NC1CC1)C(N)=O. The first-order chi connectivity index (χ1) is 7.44. The number of ether oxygens (including phenoxy) is 1. The van der Waals surface area contributed by atoms with Gasteiger partial charge in [0.15, 0.2) is 0 Å². The van der Waals surface area contributed by atoms with Gasteiger partial charge in [-0.1, -0.05) is 13.8 Å². The summed E-state index contributed by atoms with van der Waals surface area (Å²) in [6.45, 7) is 7.40. The van der Waals surface area contributed by atoms with Gasteiger partial charge in [0, 0.05) is 19.3 Å². The van der Waals surface area contributed by atoms with Gasteiger partial charge in [0.2, 0.25) is 5.91 Å². The molecule has 0 spiro atoms. The fraction of sp³-hybridized carbons (Fsp3) is 0.917. The lowest BCUT2D eigenvalue weighted by molar-refractivity contribution is -0.124. The van der Waals surface area contributed by atoms with E-state index in [1.54, 1.807) is 0 Å². The monoisotopic (exact) mass is 228 g/mol. The zero-order valence-electron chi connectivity index (χ0n) is 10.6. The lowest BCUT2D eigenvalue weighted by atomic mass is 9.97. The normalized spacial score (nSPS) is 19.8. The zero-order chi connectivity index (χ0) is 12.2. The molecule has 1 fully saturated rings. The van der Waals surface area contributed by atoms with Gasteiger partial charge in [-0.3, -0.25) is 4.79 Å². The van der Waals surface area contributed by atoms with Crippen LogP contribution in [0.4, 0.5) is 0 Å². The summed E-state index contributed by atoms with van der Waals surface area (Å²) in [5, 5.41) is 3.30. The van der Waals surface area contributed by atoms with Crippen LogP contribution in [0.3, 0.4) is 0 Å². The van der Waals surface area contributed by atoms with E-state index in [2.05, 4.69) is 19.2 Å². The Bertz CT molecular complexity index is 239. The lowest BCUT2D eigenvalue weighted by Gasteiger charge is -2.27. The van der Waals surface area contributed by atoms with Crippen molar-refractivity contribution in [2.45, 2.75) is 51.6 Å². The molecule has 1 saturated carbocycles. The first kappa shape index (κ1) is 13.5. The van der Waals surface area contributed by atoms with Crippen molar-refractivity contribution in [1.82, 2.24) is 5.32 Å². The molecule has 3 N–H and O–H groups in total. The molecule has 0 aromatic carbocycles. The quantitative estimate of drug-likeness (QED) is 0.610. The fourth-order valence-electron chi connectivity index (χ4n) is 1.54. The van der Waals surface area contributed by atoms with Crippen LogP contribution in [0.1, 0.15) is 40.0 Å². The molecule has 1 atom stereocenters. The van der Waals surface area contributed by atoms with Gasteiger partial charge in [0.25, 0.3) is 0 Å². The second-order valence-electron chi connectivity index (χ2n) is 5.33.